The molecule has 114 valence electrons. The highest BCUT2D eigenvalue weighted by Gasteiger charge is 2.71. The van der Waals surface area contributed by atoms with Crippen LogP contribution in [0.15, 0.2) is 18.2 Å². The van der Waals surface area contributed by atoms with Gasteiger partial charge in [0, 0.05) is 23.6 Å². The van der Waals surface area contributed by atoms with Gasteiger partial charge < -0.3 is 15.8 Å². The maximum Gasteiger partial charge on any atom is 0.245 e. The standard InChI is InChI=1S/C16H21FN2O2/c1-9-6-10(17)8-11(7-9)19-14(20)16(18)12-4-5-21-13(12)15(16,2)3/h6-8,12-13H,4-5,18H2,1-3H3,(H,19,20). The summed E-state index contributed by atoms with van der Waals surface area (Å²) in [6.45, 7) is 6.33. The molecule has 3 N–H and O–H groups in total. The number of anilines is 1. The monoisotopic (exact) mass is 292 g/mol. The van der Waals surface area contributed by atoms with Crippen LogP contribution >= 0.6 is 0 Å². The van der Waals surface area contributed by atoms with Crippen LogP contribution in [0.5, 0.6) is 0 Å². The molecular weight excluding hydrogens is 271 g/mol. The molecule has 2 fully saturated rings. The number of hydrogen-bond donors (Lipinski definition) is 2. The molecule has 4 nitrogen and oxygen atoms in total. The average Bonchev–Trinajstić information content (AvgIpc) is 2.84. The highest BCUT2D eigenvalue weighted by atomic mass is 19.1. The molecule has 3 rings (SSSR count). The quantitative estimate of drug-likeness (QED) is 0.878. The summed E-state index contributed by atoms with van der Waals surface area (Å²) >= 11 is 0. The van der Waals surface area contributed by atoms with Crippen molar-refractivity contribution in [3.63, 3.8) is 0 Å². The van der Waals surface area contributed by atoms with Gasteiger partial charge in [-0.3, -0.25) is 4.79 Å². The van der Waals surface area contributed by atoms with Crippen LogP contribution in [0.25, 0.3) is 0 Å². The first kappa shape index (κ1) is 14.5. The SMILES string of the molecule is Cc1cc(F)cc(NC(=O)C2(N)C3CCOC3C2(C)C)c1. The predicted molar refractivity (Wildman–Crippen MR) is 78.3 cm³/mol. The zero-order chi connectivity index (χ0) is 15.4. The molecule has 1 aromatic rings. The summed E-state index contributed by atoms with van der Waals surface area (Å²) in [4.78, 5) is 12.7. The second kappa shape index (κ2) is 4.52. The molecular formula is C16H21FN2O2. The fourth-order valence-corrected chi connectivity index (χ4v) is 3.89. The first-order valence-corrected chi connectivity index (χ1v) is 7.26. The number of rotatable bonds is 2. The first-order valence-electron chi connectivity index (χ1n) is 7.26. The summed E-state index contributed by atoms with van der Waals surface area (Å²) in [6.07, 6.45) is 0.822. The van der Waals surface area contributed by atoms with E-state index >= 15 is 0 Å². The Bertz CT molecular complexity index is 582. The third-order valence-electron chi connectivity index (χ3n) is 5.13. The lowest BCUT2D eigenvalue weighted by Crippen LogP contribution is -2.79. The maximum absolute atomic E-state index is 13.4. The largest absolute Gasteiger partial charge is 0.377 e. The third kappa shape index (κ3) is 1.91. The minimum Gasteiger partial charge on any atom is -0.377 e. The minimum atomic E-state index is -0.978. The fraction of sp³-hybridized carbons (Fsp3) is 0.562. The highest BCUT2D eigenvalue weighted by molar-refractivity contribution is 6.00. The number of nitrogens with two attached hydrogens (primary N) is 1. The van der Waals surface area contributed by atoms with Gasteiger partial charge in [0.15, 0.2) is 0 Å². The Morgan fingerprint density at radius 3 is 2.81 bits per heavy atom. The second-order valence-corrected chi connectivity index (χ2v) is 6.75. The van der Waals surface area contributed by atoms with Crippen molar-refractivity contribution in [3.8, 4) is 0 Å². The molecule has 5 heteroatoms. The van der Waals surface area contributed by atoms with E-state index in [0.717, 1.165) is 12.0 Å². The zero-order valence-electron chi connectivity index (χ0n) is 12.6. The zero-order valence-corrected chi connectivity index (χ0v) is 12.6. The Labute approximate surface area is 123 Å². The molecule has 1 heterocycles. The van der Waals surface area contributed by atoms with Gasteiger partial charge in [-0.2, -0.15) is 0 Å². The lowest BCUT2D eigenvalue weighted by molar-refractivity contribution is -0.170. The molecule has 1 aromatic carbocycles. The minimum absolute atomic E-state index is 0.0298. The van der Waals surface area contributed by atoms with Gasteiger partial charge in [0.2, 0.25) is 5.91 Å². The van der Waals surface area contributed by atoms with Crippen LogP contribution in [0.4, 0.5) is 10.1 Å². The first-order chi connectivity index (χ1) is 9.76. The molecule has 1 aliphatic heterocycles. The van der Waals surface area contributed by atoms with E-state index < -0.39 is 11.0 Å². The summed E-state index contributed by atoms with van der Waals surface area (Å²) in [6, 6.07) is 4.46. The van der Waals surface area contributed by atoms with E-state index in [0.29, 0.717) is 12.3 Å². The van der Waals surface area contributed by atoms with Gasteiger partial charge in [-0.25, -0.2) is 4.39 Å². The van der Waals surface area contributed by atoms with Crippen LogP contribution in [0.2, 0.25) is 0 Å². The number of hydrogen-bond acceptors (Lipinski definition) is 3. The van der Waals surface area contributed by atoms with Gasteiger partial charge in [-0.15, -0.1) is 0 Å². The highest BCUT2D eigenvalue weighted by Crippen LogP contribution is 2.58. The Hall–Kier alpha value is -1.46. The molecule has 21 heavy (non-hydrogen) atoms. The molecule has 1 saturated heterocycles. The van der Waals surface area contributed by atoms with E-state index in [9.17, 15) is 9.18 Å². The van der Waals surface area contributed by atoms with E-state index in [1.165, 1.54) is 12.1 Å². The van der Waals surface area contributed by atoms with Crippen LogP contribution in [0.1, 0.15) is 25.8 Å². The van der Waals surface area contributed by atoms with E-state index in [1.807, 2.05) is 13.8 Å². The third-order valence-corrected chi connectivity index (χ3v) is 5.13. The second-order valence-electron chi connectivity index (χ2n) is 6.75. The van der Waals surface area contributed by atoms with E-state index in [-0.39, 0.29) is 23.7 Å². The van der Waals surface area contributed by atoms with Crippen molar-refractivity contribution in [1.29, 1.82) is 0 Å². The van der Waals surface area contributed by atoms with Crippen LogP contribution < -0.4 is 11.1 Å². The summed E-state index contributed by atoms with van der Waals surface area (Å²) in [7, 11) is 0. The molecule has 1 saturated carbocycles. The number of benzene rings is 1. The van der Waals surface area contributed by atoms with E-state index in [2.05, 4.69) is 5.32 Å². The van der Waals surface area contributed by atoms with Crippen molar-refractivity contribution >= 4 is 11.6 Å². The Kier molecular flexibility index (Phi) is 3.11. The fourth-order valence-electron chi connectivity index (χ4n) is 3.89. The van der Waals surface area contributed by atoms with E-state index in [4.69, 9.17) is 10.5 Å². The van der Waals surface area contributed by atoms with Gasteiger partial charge in [0.05, 0.1) is 6.10 Å². The van der Waals surface area contributed by atoms with Gasteiger partial charge in [-0.1, -0.05) is 13.8 Å². The number of fused-ring (bicyclic) bond motifs is 1. The molecule has 3 unspecified atom stereocenters. The van der Waals surface area contributed by atoms with Crippen LogP contribution in [0, 0.1) is 24.1 Å². The molecule has 3 atom stereocenters. The number of halogens is 1. The summed E-state index contributed by atoms with van der Waals surface area (Å²) in [5.41, 5.74) is 6.24. The molecule has 0 radical (unpaired) electrons. The lowest BCUT2D eigenvalue weighted by atomic mass is 9.48. The molecule has 1 aliphatic carbocycles. The van der Waals surface area contributed by atoms with Gasteiger partial charge >= 0.3 is 0 Å². The van der Waals surface area contributed by atoms with Crippen molar-refractivity contribution in [2.24, 2.45) is 17.1 Å². The number of nitrogens with one attached hydrogen (secondary N) is 1. The van der Waals surface area contributed by atoms with Crippen LogP contribution in [-0.4, -0.2) is 24.2 Å². The summed E-state index contributed by atoms with van der Waals surface area (Å²) in [5.74, 6) is -0.599. The predicted octanol–water partition coefficient (Wildman–Crippen LogP) is 2.22. The molecule has 0 spiro atoms. The Morgan fingerprint density at radius 2 is 2.14 bits per heavy atom. The number of aryl methyl sites for hydroxylation is 1. The molecule has 0 aromatic heterocycles. The molecule has 1 amide bonds. The van der Waals surface area contributed by atoms with Crippen molar-refractivity contribution in [2.75, 3.05) is 11.9 Å². The van der Waals surface area contributed by atoms with Crippen molar-refractivity contribution in [2.45, 2.75) is 38.8 Å². The summed E-state index contributed by atoms with van der Waals surface area (Å²) in [5, 5.41) is 2.77. The Morgan fingerprint density at radius 1 is 1.43 bits per heavy atom. The Balaban J connectivity index is 1.85. The number of carbonyl (C=O) groups excluding carboxylic acids is 1. The molecule has 0 bridgehead atoms. The average molecular weight is 292 g/mol. The van der Waals surface area contributed by atoms with Crippen LogP contribution in [0.3, 0.4) is 0 Å². The summed E-state index contributed by atoms with van der Waals surface area (Å²) < 4.78 is 19.1. The maximum atomic E-state index is 13.4. The van der Waals surface area contributed by atoms with Gasteiger partial charge in [0.1, 0.15) is 11.4 Å². The number of carbonyl (C=O) groups is 1. The smallest absolute Gasteiger partial charge is 0.245 e. The van der Waals surface area contributed by atoms with Crippen LogP contribution in [-0.2, 0) is 9.53 Å². The molecule has 2 aliphatic rings. The lowest BCUT2D eigenvalue weighted by Gasteiger charge is -2.60. The van der Waals surface area contributed by atoms with Crippen molar-refractivity contribution in [3.05, 3.63) is 29.6 Å². The van der Waals surface area contributed by atoms with Gasteiger partial charge in [-0.05, 0) is 37.1 Å². The van der Waals surface area contributed by atoms with E-state index in [1.54, 1.807) is 13.0 Å². The number of ether oxygens (including phenoxy) is 1. The van der Waals surface area contributed by atoms with Crippen molar-refractivity contribution < 1.29 is 13.9 Å². The van der Waals surface area contributed by atoms with Gasteiger partial charge in [0.25, 0.3) is 0 Å². The number of amides is 1. The van der Waals surface area contributed by atoms with Crippen molar-refractivity contribution in [1.82, 2.24) is 0 Å². The normalized spacial score (nSPS) is 33.2. The topological polar surface area (TPSA) is 64.4 Å².